The van der Waals surface area contributed by atoms with Gasteiger partial charge in [-0.3, -0.25) is 0 Å². The first kappa shape index (κ1) is 11.9. The summed E-state index contributed by atoms with van der Waals surface area (Å²) >= 11 is 1.59. The molecule has 0 amide bonds. The molecule has 1 aliphatic carbocycles. The van der Waals surface area contributed by atoms with Gasteiger partial charge in [-0.2, -0.15) is 0 Å². The van der Waals surface area contributed by atoms with Crippen LogP contribution in [0.3, 0.4) is 0 Å². The number of aryl methyl sites for hydroxylation is 1. The summed E-state index contributed by atoms with van der Waals surface area (Å²) in [4.78, 5) is 4.43. The van der Waals surface area contributed by atoms with Crippen LogP contribution in [0, 0.1) is 0 Å². The maximum absolute atomic E-state index is 6.12. The highest BCUT2D eigenvalue weighted by molar-refractivity contribution is 7.11. The van der Waals surface area contributed by atoms with Crippen molar-refractivity contribution in [1.82, 2.24) is 4.98 Å². The Morgan fingerprint density at radius 2 is 2.25 bits per heavy atom. The van der Waals surface area contributed by atoms with Crippen molar-refractivity contribution in [3.8, 4) is 5.19 Å². The Kier molecular flexibility index (Phi) is 4.18. The molecular weight excluding hydrogens is 220 g/mol. The predicted molar refractivity (Wildman–Crippen MR) is 67.0 cm³/mol. The third-order valence-corrected chi connectivity index (χ3v) is 3.93. The van der Waals surface area contributed by atoms with Crippen molar-refractivity contribution in [3.05, 3.63) is 11.1 Å². The molecular formula is C12H20N2OS. The number of hydrogen-bond acceptors (Lipinski definition) is 4. The van der Waals surface area contributed by atoms with Crippen molar-refractivity contribution in [3.63, 3.8) is 0 Å². The van der Waals surface area contributed by atoms with Gasteiger partial charge < -0.3 is 10.5 Å². The van der Waals surface area contributed by atoms with E-state index in [2.05, 4.69) is 17.3 Å². The lowest BCUT2D eigenvalue weighted by atomic mass is 10.1. The van der Waals surface area contributed by atoms with Gasteiger partial charge in [0.15, 0.2) is 0 Å². The van der Waals surface area contributed by atoms with Crippen molar-refractivity contribution >= 4 is 11.3 Å². The highest BCUT2D eigenvalue weighted by Crippen LogP contribution is 2.25. The molecule has 2 unspecified atom stereocenters. The summed E-state index contributed by atoms with van der Waals surface area (Å²) in [5.74, 6) is 0. The predicted octanol–water partition coefficient (Wildman–Crippen LogP) is 2.74. The smallest absolute Gasteiger partial charge is 0.273 e. The van der Waals surface area contributed by atoms with E-state index >= 15 is 0 Å². The molecule has 0 saturated heterocycles. The summed E-state index contributed by atoms with van der Waals surface area (Å²) < 4.78 is 5.91. The van der Waals surface area contributed by atoms with E-state index in [0.717, 1.165) is 30.2 Å². The summed E-state index contributed by atoms with van der Waals surface area (Å²) in [5.41, 5.74) is 7.23. The Morgan fingerprint density at radius 1 is 1.44 bits per heavy atom. The number of nitrogens with zero attached hydrogens (tertiary/aromatic N) is 1. The van der Waals surface area contributed by atoms with E-state index in [1.165, 1.54) is 19.3 Å². The van der Waals surface area contributed by atoms with Gasteiger partial charge in [-0.15, -0.1) is 0 Å². The Labute approximate surface area is 101 Å². The zero-order valence-electron chi connectivity index (χ0n) is 9.82. The lowest BCUT2D eigenvalue weighted by molar-refractivity contribution is 0.162. The fraction of sp³-hybridized carbons (Fsp3) is 0.750. The third-order valence-electron chi connectivity index (χ3n) is 3.15. The fourth-order valence-corrected chi connectivity index (χ4v) is 2.89. The van der Waals surface area contributed by atoms with Gasteiger partial charge in [-0.1, -0.05) is 31.1 Å². The number of thiazole rings is 1. The van der Waals surface area contributed by atoms with E-state index in [4.69, 9.17) is 10.5 Å². The molecule has 1 saturated carbocycles. The molecule has 4 heteroatoms. The van der Waals surface area contributed by atoms with E-state index in [1.54, 1.807) is 11.3 Å². The fourth-order valence-electron chi connectivity index (χ4n) is 2.08. The highest BCUT2D eigenvalue weighted by Gasteiger charge is 2.22. The molecule has 16 heavy (non-hydrogen) atoms. The number of nitrogens with two attached hydrogens (primary N) is 1. The molecule has 1 aliphatic rings. The molecule has 0 aliphatic heterocycles. The number of hydrogen-bond donors (Lipinski definition) is 1. The van der Waals surface area contributed by atoms with Gasteiger partial charge in [-0.25, -0.2) is 4.98 Å². The van der Waals surface area contributed by atoms with Crippen molar-refractivity contribution in [1.29, 1.82) is 0 Å². The van der Waals surface area contributed by atoms with Gasteiger partial charge in [0.05, 0.1) is 5.69 Å². The summed E-state index contributed by atoms with van der Waals surface area (Å²) in [6, 6.07) is 0.177. The minimum Gasteiger partial charge on any atom is -0.465 e. The largest absolute Gasteiger partial charge is 0.465 e. The SMILES string of the molecule is CCc1csc(OC2CCCCCC2N)n1. The number of aromatic nitrogens is 1. The van der Waals surface area contributed by atoms with E-state index < -0.39 is 0 Å². The van der Waals surface area contributed by atoms with Crippen LogP contribution in [-0.2, 0) is 6.42 Å². The molecule has 2 N–H and O–H groups in total. The van der Waals surface area contributed by atoms with Crippen LogP contribution in [0.2, 0.25) is 0 Å². The second-order valence-corrected chi connectivity index (χ2v) is 5.24. The Morgan fingerprint density at radius 3 is 3.00 bits per heavy atom. The quantitative estimate of drug-likeness (QED) is 0.826. The Balaban J connectivity index is 1.96. The van der Waals surface area contributed by atoms with Crippen LogP contribution in [-0.4, -0.2) is 17.1 Å². The van der Waals surface area contributed by atoms with Crippen LogP contribution in [0.1, 0.15) is 44.7 Å². The molecule has 1 aromatic rings. The molecule has 1 fully saturated rings. The highest BCUT2D eigenvalue weighted by atomic mass is 32.1. The standard InChI is InChI=1S/C12H20N2OS/c1-2-9-8-16-12(14-9)15-11-7-5-3-4-6-10(11)13/h8,10-11H,2-7,13H2,1H3. The molecule has 1 aromatic heterocycles. The third kappa shape index (κ3) is 2.95. The van der Waals surface area contributed by atoms with Crippen LogP contribution < -0.4 is 10.5 Å². The first-order chi connectivity index (χ1) is 7.79. The molecule has 1 heterocycles. The normalized spacial score (nSPS) is 26.4. The van der Waals surface area contributed by atoms with Crippen LogP contribution in [0.5, 0.6) is 5.19 Å². The van der Waals surface area contributed by atoms with E-state index in [0.29, 0.717) is 0 Å². The molecule has 0 spiro atoms. The van der Waals surface area contributed by atoms with Crippen molar-refractivity contribution < 1.29 is 4.74 Å². The van der Waals surface area contributed by atoms with E-state index in [1.807, 2.05) is 0 Å². The van der Waals surface area contributed by atoms with Gasteiger partial charge in [0.25, 0.3) is 5.19 Å². The lowest BCUT2D eigenvalue weighted by Crippen LogP contribution is -2.37. The lowest BCUT2D eigenvalue weighted by Gasteiger charge is -2.20. The van der Waals surface area contributed by atoms with Gasteiger partial charge in [0.1, 0.15) is 6.10 Å². The molecule has 0 bridgehead atoms. The summed E-state index contributed by atoms with van der Waals surface area (Å²) in [5, 5.41) is 2.86. The van der Waals surface area contributed by atoms with Gasteiger partial charge in [-0.05, 0) is 25.7 Å². The van der Waals surface area contributed by atoms with E-state index in [-0.39, 0.29) is 12.1 Å². The van der Waals surface area contributed by atoms with Crippen LogP contribution in [0.25, 0.3) is 0 Å². The molecule has 2 rings (SSSR count). The Hall–Kier alpha value is -0.610. The van der Waals surface area contributed by atoms with Gasteiger partial charge in [0, 0.05) is 11.4 Å². The zero-order chi connectivity index (χ0) is 11.4. The zero-order valence-corrected chi connectivity index (χ0v) is 10.6. The average Bonchev–Trinajstić information content (AvgIpc) is 2.65. The van der Waals surface area contributed by atoms with Crippen LogP contribution >= 0.6 is 11.3 Å². The Bertz CT molecular complexity index is 327. The monoisotopic (exact) mass is 240 g/mol. The molecule has 0 aromatic carbocycles. The molecule has 90 valence electrons. The van der Waals surface area contributed by atoms with Gasteiger partial charge in [0.2, 0.25) is 0 Å². The minimum atomic E-state index is 0.165. The van der Waals surface area contributed by atoms with E-state index in [9.17, 15) is 0 Å². The topological polar surface area (TPSA) is 48.1 Å². The van der Waals surface area contributed by atoms with Crippen molar-refractivity contribution in [2.45, 2.75) is 57.6 Å². The maximum atomic E-state index is 6.12. The second-order valence-electron chi connectivity index (χ2n) is 4.42. The summed E-state index contributed by atoms with van der Waals surface area (Å²) in [6.45, 7) is 2.11. The van der Waals surface area contributed by atoms with Gasteiger partial charge >= 0.3 is 0 Å². The second kappa shape index (κ2) is 5.64. The van der Waals surface area contributed by atoms with Crippen molar-refractivity contribution in [2.75, 3.05) is 0 Å². The summed E-state index contributed by atoms with van der Waals surface area (Å²) in [7, 11) is 0. The minimum absolute atomic E-state index is 0.165. The molecule has 2 atom stereocenters. The molecule has 0 radical (unpaired) electrons. The number of rotatable bonds is 3. The first-order valence-electron chi connectivity index (χ1n) is 6.16. The average molecular weight is 240 g/mol. The van der Waals surface area contributed by atoms with Crippen molar-refractivity contribution in [2.24, 2.45) is 5.73 Å². The number of ether oxygens (including phenoxy) is 1. The first-order valence-corrected chi connectivity index (χ1v) is 7.04. The molecule has 3 nitrogen and oxygen atoms in total. The van der Waals surface area contributed by atoms with Crippen LogP contribution in [0.15, 0.2) is 5.38 Å². The van der Waals surface area contributed by atoms with Crippen LogP contribution in [0.4, 0.5) is 0 Å². The maximum Gasteiger partial charge on any atom is 0.273 e. The summed E-state index contributed by atoms with van der Waals surface area (Å²) in [6.07, 6.45) is 7.03.